The highest BCUT2D eigenvalue weighted by molar-refractivity contribution is 5.76. The fourth-order valence-corrected chi connectivity index (χ4v) is 2.10. The number of para-hydroxylation sites is 1. The molecular weight excluding hydrogens is 323 g/mol. The summed E-state index contributed by atoms with van der Waals surface area (Å²) in [6.07, 6.45) is 0.478. The van der Waals surface area contributed by atoms with Gasteiger partial charge in [-0.05, 0) is 0 Å². The smallest absolute Gasteiger partial charge is 0.336 e. The predicted molar refractivity (Wildman–Crippen MR) is 81.6 cm³/mol. The first-order valence-electron chi connectivity index (χ1n) is 6.84. The highest BCUT2D eigenvalue weighted by Crippen LogP contribution is 2.25. The van der Waals surface area contributed by atoms with Crippen molar-refractivity contribution in [3.05, 3.63) is 72.8 Å². The summed E-state index contributed by atoms with van der Waals surface area (Å²) in [6.45, 7) is 1.62. The number of nitrogens with zero attached hydrogens (tertiary/aromatic N) is 2. The van der Waals surface area contributed by atoms with Crippen molar-refractivity contribution in [2.45, 2.75) is 12.8 Å². The third kappa shape index (κ3) is 3.54. The van der Waals surface area contributed by atoms with Crippen LogP contribution >= 0.6 is 0 Å². The lowest BCUT2D eigenvalue weighted by molar-refractivity contribution is -0.385. The fourth-order valence-electron chi connectivity index (χ4n) is 2.10. The van der Waals surface area contributed by atoms with Crippen molar-refractivity contribution in [2.24, 2.45) is 0 Å². The number of nitro groups is 1. The van der Waals surface area contributed by atoms with Gasteiger partial charge in [0.05, 0.1) is 11.1 Å². The van der Waals surface area contributed by atoms with E-state index >= 15 is 0 Å². The molecule has 0 aliphatic heterocycles. The first kappa shape index (κ1) is 17.1. The lowest BCUT2D eigenvalue weighted by Gasteiger charge is -2.13. The Balaban J connectivity index is 2.15. The van der Waals surface area contributed by atoms with Crippen LogP contribution in [0.5, 0.6) is 0 Å². The van der Waals surface area contributed by atoms with E-state index in [0.29, 0.717) is 16.3 Å². The van der Waals surface area contributed by atoms with E-state index in [9.17, 15) is 28.9 Å². The molecule has 0 saturated heterocycles. The molecule has 1 heterocycles. The Labute approximate surface area is 133 Å². The number of carbonyl (C=O) groups excluding carboxylic acids is 1. The van der Waals surface area contributed by atoms with Crippen LogP contribution in [0.15, 0.2) is 40.1 Å². The Bertz CT molecular complexity index is 905. The molecule has 2 N–H and O–H groups in total. The number of nitro benzene ring substituents is 1. The molecule has 10 heteroatoms. The Morgan fingerprint density at radius 2 is 2.08 bits per heavy atom. The average molecular weight is 336 g/mol. The molecule has 126 valence electrons. The van der Waals surface area contributed by atoms with Crippen molar-refractivity contribution >= 4 is 11.7 Å². The highest BCUT2D eigenvalue weighted by atomic mass is 19.1. The van der Waals surface area contributed by atoms with Crippen LogP contribution in [0.25, 0.3) is 0 Å². The van der Waals surface area contributed by atoms with Gasteiger partial charge in [-0.1, -0.05) is 25.1 Å². The number of rotatable bonds is 4. The minimum absolute atomic E-state index is 0.0309. The third-order valence-electron chi connectivity index (χ3n) is 3.34. The summed E-state index contributed by atoms with van der Waals surface area (Å²) in [5, 5.41) is 13.4. The zero-order valence-corrected chi connectivity index (χ0v) is 12.5. The summed E-state index contributed by atoms with van der Waals surface area (Å²) in [6, 6.07) is 5.09. The van der Waals surface area contributed by atoms with E-state index in [2.05, 4.69) is 5.32 Å². The zero-order valence-electron chi connectivity index (χ0n) is 12.5. The van der Waals surface area contributed by atoms with Gasteiger partial charge >= 0.3 is 11.7 Å². The van der Waals surface area contributed by atoms with E-state index in [1.807, 2.05) is 0 Å². The van der Waals surface area contributed by atoms with Gasteiger partial charge in [0.15, 0.2) is 0 Å². The molecule has 1 unspecified atom stereocenters. The molecule has 9 nitrogen and oxygen atoms in total. The fraction of sp³-hybridized carbons (Fsp3) is 0.214. The molecule has 24 heavy (non-hydrogen) atoms. The van der Waals surface area contributed by atoms with Crippen LogP contribution in [0, 0.1) is 15.9 Å². The first-order chi connectivity index (χ1) is 11.3. The summed E-state index contributed by atoms with van der Waals surface area (Å²) >= 11 is 0. The number of amides is 1. The molecule has 0 spiro atoms. The second-order valence-electron chi connectivity index (χ2n) is 5.01. The van der Waals surface area contributed by atoms with Gasteiger partial charge in [0.25, 0.3) is 11.2 Å². The standard InChI is InChI=1S/C14H13FN4O5/c1-8(9-4-2-3-5-11(9)19(23)24)6-16-13(21)18-7-10(15)12(20)17-14(18)22/h2-5,7-8H,6H2,1H3,(H,16,21)(H,17,20,22). The number of H-pyrrole nitrogens is 1. The predicted octanol–water partition coefficient (Wildman–Crippen LogP) is 0.945. The number of benzene rings is 1. The van der Waals surface area contributed by atoms with E-state index in [1.165, 1.54) is 12.1 Å². The normalized spacial score (nSPS) is 11.8. The Hall–Kier alpha value is -3.30. The van der Waals surface area contributed by atoms with Crippen molar-refractivity contribution in [1.29, 1.82) is 0 Å². The number of halogens is 1. The molecule has 2 aromatic rings. The van der Waals surface area contributed by atoms with E-state index < -0.39 is 33.9 Å². The van der Waals surface area contributed by atoms with Crippen LogP contribution in [0.2, 0.25) is 0 Å². The molecule has 1 amide bonds. The number of carbonyl (C=O) groups is 1. The lowest BCUT2D eigenvalue weighted by atomic mass is 9.99. The summed E-state index contributed by atoms with van der Waals surface area (Å²) in [7, 11) is 0. The molecule has 0 saturated carbocycles. The molecule has 0 radical (unpaired) electrons. The van der Waals surface area contributed by atoms with Crippen molar-refractivity contribution < 1.29 is 14.1 Å². The Morgan fingerprint density at radius 3 is 2.75 bits per heavy atom. The van der Waals surface area contributed by atoms with Crippen LogP contribution in [-0.4, -0.2) is 27.1 Å². The Morgan fingerprint density at radius 1 is 1.42 bits per heavy atom. The maximum atomic E-state index is 13.2. The van der Waals surface area contributed by atoms with Gasteiger partial charge in [-0.15, -0.1) is 0 Å². The van der Waals surface area contributed by atoms with Gasteiger partial charge in [-0.2, -0.15) is 4.39 Å². The molecular formula is C14H13FN4O5. The van der Waals surface area contributed by atoms with Gasteiger partial charge < -0.3 is 5.32 Å². The van der Waals surface area contributed by atoms with Crippen LogP contribution in [-0.2, 0) is 0 Å². The second-order valence-corrected chi connectivity index (χ2v) is 5.01. The van der Waals surface area contributed by atoms with E-state index in [1.54, 1.807) is 24.0 Å². The maximum absolute atomic E-state index is 13.2. The molecule has 0 aliphatic rings. The van der Waals surface area contributed by atoms with Crippen LogP contribution in [0.3, 0.4) is 0 Å². The summed E-state index contributed by atoms with van der Waals surface area (Å²) in [5.74, 6) is -1.71. The second kappa shape index (κ2) is 6.86. The lowest BCUT2D eigenvalue weighted by Crippen LogP contribution is -2.41. The van der Waals surface area contributed by atoms with Gasteiger partial charge in [-0.3, -0.25) is 19.9 Å². The Kier molecular flexibility index (Phi) is 4.87. The van der Waals surface area contributed by atoms with Crippen LogP contribution in [0.4, 0.5) is 14.9 Å². The monoisotopic (exact) mass is 336 g/mol. The quantitative estimate of drug-likeness (QED) is 0.634. The third-order valence-corrected chi connectivity index (χ3v) is 3.34. The largest absolute Gasteiger partial charge is 0.337 e. The summed E-state index contributed by atoms with van der Waals surface area (Å²) in [5.41, 5.74) is -2.00. The molecule has 1 aromatic carbocycles. The number of aromatic amines is 1. The van der Waals surface area contributed by atoms with Gasteiger partial charge in [-0.25, -0.2) is 14.2 Å². The van der Waals surface area contributed by atoms with Gasteiger partial charge in [0.1, 0.15) is 0 Å². The van der Waals surface area contributed by atoms with E-state index in [-0.39, 0.29) is 12.2 Å². The number of hydrogen-bond acceptors (Lipinski definition) is 5. The van der Waals surface area contributed by atoms with E-state index in [0.717, 1.165) is 0 Å². The molecule has 0 bridgehead atoms. The van der Waals surface area contributed by atoms with Crippen molar-refractivity contribution in [2.75, 3.05) is 6.54 Å². The minimum atomic E-state index is -1.28. The number of nitrogens with one attached hydrogen (secondary N) is 2. The summed E-state index contributed by atoms with van der Waals surface area (Å²) < 4.78 is 13.5. The zero-order chi connectivity index (χ0) is 17.9. The van der Waals surface area contributed by atoms with Crippen LogP contribution < -0.4 is 16.6 Å². The van der Waals surface area contributed by atoms with Crippen molar-refractivity contribution in [1.82, 2.24) is 14.9 Å². The SMILES string of the molecule is CC(CNC(=O)n1cc(F)c(=O)[nH]c1=O)c1ccccc1[N+](=O)[O-]. The number of aromatic nitrogens is 2. The van der Waals surface area contributed by atoms with E-state index in [4.69, 9.17) is 0 Å². The van der Waals surface area contributed by atoms with Gasteiger partial charge in [0, 0.05) is 24.1 Å². The van der Waals surface area contributed by atoms with Crippen LogP contribution in [0.1, 0.15) is 18.4 Å². The maximum Gasteiger partial charge on any atom is 0.336 e. The molecule has 0 aliphatic carbocycles. The average Bonchev–Trinajstić information content (AvgIpc) is 2.55. The molecule has 1 atom stereocenters. The topological polar surface area (TPSA) is 127 Å². The summed E-state index contributed by atoms with van der Waals surface area (Å²) in [4.78, 5) is 46.4. The first-order valence-corrected chi connectivity index (χ1v) is 6.84. The number of hydrogen-bond donors (Lipinski definition) is 2. The van der Waals surface area contributed by atoms with Crippen molar-refractivity contribution in [3.8, 4) is 0 Å². The minimum Gasteiger partial charge on any atom is -0.337 e. The molecule has 0 fully saturated rings. The van der Waals surface area contributed by atoms with Crippen molar-refractivity contribution in [3.63, 3.8) is 0 Å². The molecule has 1 aromatic heterocycles. The highest BCUT2D eigenvalue weighted by Gasteiger charge is 2.19. The van der Waals surface area contributed by atoms with Gasteiger partial charge in [0.2, 0.25) is 5.82 Å². The molecule has 2 rings (SSSR count).